The topological polar surface area (TPSA) is 88.8 Å². The van der Waals surface area contributed by atoms with Crippen LogP contribution < -0.4 is 5.14 Å². The second kappa shape index (κ2) is 7.23. The first-order valence-corrected chi connectivity index (χ1v) is 10.1. The molecule has 0 fully saturated rings. The summed E-state index contributed by atoms with van der Waals surface area (Å²) in [6.07, 6.45) is 3.15. The molecular formula is C21H15F2N3O2S. The molecule has 4 rings (SSSR count). The molecule has 1 aromatic heterocycles. The number of sulfonamides is 1. The van der Waals surface area contributed by atoms with Crippen molar-refractivity contribution in [3.63, 3.8) is 0 Å². The highest BCUT2D eigenvalue weighted by molar-refractivity contribution is 7.89. The summed E-state index contributed by atoms with van der Waals surface area (Å²) in [4.78, 5) is 7.56. The number of hydrogen-bond donors (Lipinski definition) is 2. The summed E-state index contributed by atoms with van der Waals surface area (Å²) >= 11 is 0. The fourth-order valence-corrected chi connectivity index (χ4v) is 3.83. The summed E-state index contributed by atoms with van der Waals surface area (Å²) in [6.45, 7) is 0. The molecule has 0 amide bonds. The number of benzene rings is 3. The minimum atomic E-state index is -3.88. The Morgan fingerprint density at radius 2 is 1.66 bits per heavy atom. The molecule has 3 aromatic carbocycles. The van der Waals surface area contributed by atoms with Gasteiger partial charge in [-0.05, 0) is 47.5 Å². The Morgan fingerprint density at radius 3 is 2.38 bits per heavy atom. The van der Waals surface area contributed by atoms with Crippen molar-refractivity contribution in [3.8, 4) is 11.1 Å². The predicted octanol–water partition coefficient (Wildman–Crippen LogP) is 4.33. The Kier molecular flexibility index (Phi) is 4.73. The van der Waals surface area contributed by atoms with Crippen LogP contribution in [0, 0.1) is 11.6 Å². The molecule has 1 heterocycles. The highest BCUT2D eigenvalue weighted by Gasteiger charge is 2.15. The molecule has 0 unspecified atom stereocenters. The van der Waals surface area contributed by atoms with Crippen LogP contribution in [0.25, 0.3) is 34.3 Å². The van der Waals surface area contributed by atoms with Crippen LogP contribution >= 0.6 is 0 Å². The van der Waals surface area contributed by atoms with Crippen LogP contribution in [0.1, 0.15) is 11.4 Å². The lowest BCUT2D eigenvalue weighted by molar-refractivity contribution is 0.582. The third-order valence-electron chi connectivity index (χ3n) is 4.32. The summed E-state index contributed by atoms with van der Waals surface area (Å²) in [7, 11) is -3.88. The lowest BCUT2D eigenvalue weighted by atomic mass is 10.1. The van der Waals surface area contributed by atoms with Crippen LogP contribution in [-0.2, 0) is 10.0 Å². The Morgan fingerprint density at radius 1 is 0.931 bits per heavy atom. The van der Waals surface area contributed by atoms with E-state index < -0.39 is 21.7 Å². The number of H-pyrrole nitrogens is 1. The standard InChI is InChI=1S/C21H15F2N3O2S/c22-15-9-13(10-16(23)12-15)5-8-21-25-18-7-6-14(11-19(18)26-21)17-3-1-2-4-20(17)29(24,27)28/h1-12H,(H,25,26)(H2,24,27,28). The Hall–Kier alpha value is -3.36. The molecule has 5 nitrogen and oxygen atoms in total. The molecule has 29 heavy (non-hydrogen) atoms. The molecule has 0 aliphatic carbocycles. The predicted molar refractivity (Wildman–Crippen MR) is 108 cm³/mol. The first kappa shape index (κ1) is 19.0. The molecular weight excluding hydrogens is 396 g/mol. The lowest BCUT2D eigenvalue weighted by Crippen LogP contribution is -2.13. The van der Waals surface area contributed by atoms with Crippen molar-refractivity contribution in [1.29, 1.82) is 0 Å². The second-order valence-corrected chi connectivity index (χ2v) is 7.96. The van der Waals surface area contributed by atoms with E-state index in [0.717, 1.165) is 11.6 Å². The SMILES string of the molecule is NS(=O)(=O)c1ccccc1-c1ccc2[nH]c(C=Cc3cc(F)cc(F)c3)nc2c1. The number of imidazole rings is 1. The van der Waals surface area contributed by atoms with Crippen molar-refractivity contribution in [3.05, 3.63) is 83.7 Å². The molecule has 3 N–H and O–H groups in total. The van der Waals surface area contributed by atoms with Crippen LogP contribution in [-0.4, -0.2) is 18.4 Å². The number of nitrogens with zero attached hydrogens (tertiary/aromatic N) is 1. The van der Waals surface area contributed by atoms with E-state index in [1.807, 2.05) is 0 Å². The van der Waals surface area contributed by atoms with E-state index in [1.165, 1.54) is 18.2 Å². The molecule has 0 aliphatic heterocycles. The largest absolute Gasteiger partial charge is 0.338 e. The summed E-state index contributed by atoms with van der Waals surface area (Å²) in [5.41, 5.74) is 2.83. The molecule has 0 saturated carbocycles. The molecule has 0 spiro atoms. The zero-order valence-electron chi connectivity index (χ0n) is 14.9. The minimum absolute atomic E-state index is 0.0307. The average molecular weight is 411 g/mol. The highest BCUT2D eigenvalue weighted by atomic mass is 32.2. The van der Waals surface area contributed by atoms with Crippen molar-refractivity contribution in [2.75, 3.05) is 0 Å². The number of fused-ring (bicyclic) bond motifs is 1. The second-order valence-electron chi connectivity index (χ2n) is 6.43. The lowest BCUT2D eigenvalue weighted by Gasteiger charge is -2.07. The van der Waals surface area contributed by atoms with Gasteiger partial charge in [-0.3, -0.25) is 0 Å². The van der Waals surface area contributed by atoms with Gasteiger partial charge in [0.15, 0.2) is 0 Å². The molecule has 0 bridgehead atoms. The monoisotopic (exact) mass is 411 g/mol. The van der Waals surface area contributed by atoms with Crippen LogP contribution in [0.4, 0.5) is 8.78 Å². The van der Waals surface area contributed by atoms with E-state index in [4.69, 9.17) is 5.14 Å². The number of aromatic nitrogens is 2. The Balaban J connectivity index is 1.71. The maximum absolute atomic E-state index is 13.3. The van der Waals surface area contributed by atoms with Crippen LogP contribution in [0.2, 0.25) is 0 Å². The van der Waals surface area contributed by atoms with Gasteiger partial charge in [0.2, 0.25) is 10.0 Å². The Labute approximate surface area is 165 Å². The van der Waals surface area contributed by atoms with Gasteiger partial charge in [-0.15, -0.1) is 0 Å². The van der Waals surface area contributed by atoms with Gasteiger partial charge in [0.25, 0.3) is 0 Å². The van der Waals surface area contributed by atoms with Crippen LogP contribution in [0.5, 0.6) is 0 Å². The minimum Gasteiger partial charge on any atom is -0.338 e. The number of rotatable bonds is 4. The smallest absolute Gasteiger partial charge is 0.238 e. The summed E-state index contributed by atoms with van der Waals surface area (Å²) in [5, 5.41) is 5.32. The van der Waals surface area contributed by atoms with Gasteiger partial charge in [-0.1, -0.05) is 30.3 Å². The first-order valence-electron chi connectivity index (χ1n) is 8.56. The van der Waals surface area contributed by atoms with Gasteiger partial charge >= 0.3 is 0 Å². The third-order valence-corrected chi connectivity index (χ3v) is 5.29. The van der Waals surface area contributed by atoms with Gasteiger partial charge < -0.3 is 4.98 Å². The van der Waals surface area contributed by atoms with Crippen LogP contribution in [0.15, 0.2) is 65.6 Å². The van der Waals surface area contributed by atoms with Gasteiger partial charge in [-0.25, -0.2) is 27.3 Å². The summed E-state index contributed by atoms with van der Waals surface area (Å²) in [5.74, 6) is -0.832. The molecule has 146 valence electrons. The molecule has 0 saturated heterocycles. The first-order chi connectivity index (χ1) is 13.8. The maximum atomic E-state index is 13.3. The molecule has 0 radical (unpaired) electrons. The van der Waals surface area contributed by atoms with E-state index in [9.17, 15) is 17.2 Å². The van der Waals surface area contributed by atoms with Gasteiger partial charge in [0, 0.05) is 11.6 Å². The number of aromatic amines is 1. The molecule has 8 heteroatoms. The quantitative estimate of drug-likeness (QED) is 0.524. The van der Waals surface area contributed by atoms with Crippen molar-refractivity contribution in [2.45, 2.75) is 4.90 Å². The van der Waals surface area contributed by atoms with Gasteiger partial charge in [0.1, 0.15) is 17.5 Å². The number of halogens is 2. The molecule has 0 atom stereocenters. The van der Waals surface area contributed by atoms with Crippen molar-refractivity contribution in [1.82, 2.24) is 9.97 Å². The van der Waals surface area contributed by atoms with Crippen molar-refractivity contribution >= 4 is 33.2 Å². The van der Waals surface area contributed by atoms with E-state index in [1.54, 1.807) is 48.6 Å². The van der Waals surface area contributed by atoms with Crippen molar-refractivity contribution in [2.24, 2.45) is 5.14 Å². The number of hydrogen-bond acceptors (Lipinski definition) is 3. The number of nitrogens with two attached hydrogens (primary N) is 1. The molecule has 4 aromatic rings. The third kappa shape index (κ3) is 4.08. The Bertz CT molecular complexity index is 1340. The maximum Gasteiger partial charge on any atom is 0.238 e. The number of primary sulfonamides is 1. The average Bonchev–Trinajstić information content (AvgIpc) is 3.07. The zero-order valence-corrected chi connectivity index (χ0v) is 15.7. The summed E-state index contributed by atoms with van der Waals surface area (Å²) in [6, 6.07) is 15.0. The summed E-state index contributed by atoms with van der Waals surface area (Å²) < 4.78 is 50.3. The van der Waals surface area contributed by atoms with Gasteiger partial charge in [-0.2, -0.15) is 0 Å². The fourth-order valence-electron chi connectivity index (χ4n) is 3.07. The molecule has 0 aliphatic rings. The van der Waals surface area contributed by atoms with E-state index in [-0.39, 0.29) is 4.90 Å². The number of nitrogens with one attached hydrogen (secondary N) is 1. The van der Waals surface area contributed by atoms with Crippen molar-refractivity contribution < 1.29 is 17.2 Å². The fraction of sp³-hybridized carbons (Fsp3) is 0. The van der Waals surface area contributed by atoms with E-state index in [2.05, 4.69) is 9.97 Å². The highest BCUT2D eigenvalue weighted by Crippen LogP contribution is 2.29. The van der Waals surface area contributed by atoms with E-state index in [0.29, 0.717) is 28.0 Å². The normalized spacial score (nSPS) is 12.1. The zero-order chi connectivity index (χ0) is 20.6. The van der Waals surface area contributed by atoms with Gasteiger partial charge in [0.05, 0.1) is 15.9 Å². The van der Waals surface area contributed by atoms with Crippen LogP contribution in [0.3, 0.4) is 0 Å². The van der Waals surface area contributed by atoms with E-state index >= 15 is 0 Å².